The van der Waals surface area contributed by atoms with Crippen LogP contribution < -0.4 is 15.1 Å². The molecule has 0 saturated carbocycles. The largest absolute Gasteiger partial charge is 0.448 e. The smallest absolute Gasteiger partial charge is 0.409 e. The second-order valence-corrected chi connectivity index (χ2v) is 22.7. The van der Waals surface area contributed by atoms with E-state index >= 15 is 0 Å². The number of ether oxygens (including phenoxy) is 2. The van der Waals surface area contributed by atoms with Crippen LogP contribution in [0.5, 0.6) is 0 Å². The van der Waals surface area contributed by atoms with Gasteiger partial charge in [0, 0.05) is 89.0 Å². The van der Waals surface area contributed by atoms with Gasteiger partial charge in [0.05, 0.1) is 24.5 Å². The number of piperazine rings is 2. The summed E-state index contributed by atoms with van der Waals surface area (Å²) in [4.78, 5) is 42.9. The Morgan fingerprint density at radius 1 is 0.522 bits per heavy atom. The van der Waals surface area contributed by atoms with Crippen LogP contribution in [-0.4, -0.2) is 141 Å². The molecule has 13 heteroatoms. The molecule has 4 aromatic rings. The highest BCUT2D eigenvalue weighted by atomic mass is 35.5. The van der Waals surface area contributed by atoms with E-state index in [4.69, 9.17) is 26.3 Å². The topological polar surface area (TPSA) is 107 Å². The Hall–Kier alpha value is -4.91. The third-order valence-corrected chi connectivity index (χ3v) is 15.8. The number of carbonyl (C=O) groups excluding carboxylic acids is 2. The van der Waals surface area contributed by atoms with Crippen molar-refractivity contribution in [3.05, 3.63) is 95.1 Å². The van der Waals surface area contributed by atoms with E-state index in [0.29, 0.717) is 38.7 Å². The molecule has 0 radical (unpaired) electrons. The normalized spacial score (nSPS) is 21.2. The van der Waals surface area contributed by atoms with Gasteiger partial charge in [0.2, 0.25) is 0 Å². The molecular weight excluding hydrogens is 884 g/mol. The van der Waals surface area contributed by atoms with Crippen molar-refractivity contribution in [3.63, 3.8) is 0 Å². The lowest BCUT2D eigenvalue weighted by Gasteiger charge is -2.42. The van der Waals surface area contributed by atoms with Gasteiger partial charge < -0.3 is 34.4 Å². The Balaban J connectivity index is 0.000000161. The van der Waals surface area contributed by atoms with Crippen LogP contribution in [-0.2, 0) is 31.1 Å². The number of pyridine rings is 2. The number of hydrogen-bond acceptors (Lipinski definition) is 10. The van der Waals surface area contributed by atoms with Crippen molar-refractivity contribution < 1.29 is 19.1 Å². The molecule has 0 spiro atoms. The van der Waals surface area contributed by atoms with Gasteiger partial charge in [0.15, 0.2) is 0 Å². The Labute approximate surface area is 417 Å². The fourth-order valence-corrected chi connectivity index (χ4v) is 10.9. The van der Waals surface area contributed by atoms with Crippen molar-refractivity contribution in [2.75, 3.05) is 114 Å². The maximum Gasteiger partial charge on any atom is 0.409 e. The Morgan fingerprint density at radius 3 is 1.39 bits per heavy atom. The average molecular weight is 962 g/mol. The number of fused-ring (bicyclic) bond motifs is 2. The van der Waals surface area contributed by atoms with Crippen LogP contribution >= 0.6 is 11.6 Å². The standard InChI is InChI=1S/C28H38N4O2.C23H31N3.C5H8ClNO2/c1-27(2)10-11-28(3,4)23-20-21(8-9-22(23)27)24-6-5-7-25(29-24)31-15-12-30(13-16-31)14-17-32-18-19-34-26(32)33;1-22(2)10-11-23(3,4)19-16-17(8-9-18(19)22)20-6-5-7-21(25-20)26-14-12-24-13-15-26;6-1-2-7-3-4-9-5(7)8/h5-9,20H,10-19H2,1-4H3;5-9,16,24H,10-15H2,1-4H3;1-4H2. The van der Waals surface area contributed by atoms with Gasteiger partial charge in [-0.05, 0) is 106 Å². The fourth-order valence-electron chi connectivity index (χ4n) is 10.7. The number of alkyl halides is 1. The summed E-state index contributed by atoms with van der Waals surface area (Å²) in [5.41, 5.74) is 11.5. The minimum Gasteiger partial charge on any atom is -0.448 e. The highest BCUT2D eigenvalue weighted by molar-refractivity contribution is 6.18. The number of hydrogen-bond donors (Lipinski definition) is 1. The van der Waals surface area contributed by atoms with E-state index in [-0.39, 0.29) is 33.8 Å². The van der Waals surface area contributed by atoms with Crippen LogP contribution in [0.1, 0.15) is 103 Å². The molecule has 6 heterocycles. The summed E-state index contributed by atoms with van der Waals surface area (Å²) in [5, 5.41) is 3.41. The molecule has 0 atom stereocenters. The van der Waals surface area contributed by atoms with Gasteiger partial charge in [-0.15, -0.1) is 11.6 Å². The zero-order valence-electron chi connectivity index (χ0n) is 42.7. The number of rotatable bonds is 9. The average Bonchev–Trinajstić information content (AvgIpc) is 3.98. The van der Waals surface area contributed by atoms with Crippen molar-refractivity contribution in [2.24, 2.45) is 0 Å². The molecule has 4 saturated heterocycles. The van der Waals surface area contributed by atoms with Gasteiger partial charge in [0.1, 0.15) is 24.8 Å². The fraction of sp³-hybridized carbons (Fsp3) is 0.571. The minimum absolute atomic E-state index is 0.172. The van der Waals surface area contributed by atoms with E-state index in [9.17, 15) is 9.59 Å². The summed E-state index contributed by atoms with van der Waals surface area (Å²) in [6.07, 6.45) is 4.53. The molecule has 2 aliphatic carbocycles. The zero-order valence-corrected chi connectivity index (χ0v) is 43.5. The Bertz CT molecular complexity index is 2420. The van der Waals surface area contributed by atoms with E-state index in [1.54, 1.807) is 9.80 Å². The molecule has 1 N–H and O–H groups in total. The quantitative estimate of drug-likeness (QED) is 0.163. The van der Waals surface area contributed by atoms with Crippen molar-refractivity contribution in [1.82, 2.24) is 30.0 Å². The van der Waals surface area contributed by atoms with Crippen molar-refractivity contribution in [1.29, 1.82) is 0 Å². The molecule has 2 amide bonds. The first-order chi connectivity index (χ1) is 32.9. The predicted octanol–water partition coefficient (Wildman–Crippen LogP) is 9.86. The second kappa shape index (κ2) is 21.2. The summed E-state index contributed by atoms with van der Waals surface area (Å²) in [7, 11) is 0. The van der Waals surface area contributed by atoms with Crippen LogP contribution in [0.15, 0.2) is 72.8 Å². The van der Waals surface area contributed by atoms with Gasteiger partial charge >= 0.3 is 12.2 Å². The van der Waals surface area contributed by atoms with Crippen LogP contribution in [0.4, 0.5) is 21.2 Å². The summed E-state index contributed by atoms with van der Waals surface area (Å²) in [6.45, 7) is 31.7. The van der Waals surface area contributed by atoms with Gasteiger partial charge in [-0.2, -0.15) is 0 Å². The van der Waals surface area contributed by atoms with Crippen LogP contribution in [0, 0.1) is 0 Å². The van der Waals surface area contributed by atoms with Gasteiger partial charge in [-0.3, -0.25) is 4.90 Å². The monoisotopic (exact) mass is 961 g/mol. The lowest BCUT2D eigenvalue weighted by atomic mass is 9.63. The number of nitrogens with one attached hydrogen (secondary N) is 1. The van der Waals surface area contributed by atoms with E-state index in [2.05, 4.69) is 153 Å². The van der Waals surface area contributed by atoms with Gasteiger partial charge in [0.25, 0.3) is 0 Å². The Kier molecular flexibility index (Phi) is 15.5. The number of carbonyl (C=O) groups is 2. The molecule has 4 fully saturated rings. The molecule has 4 aliphatic heterocycles. The van der Waals surface area contributed by atoms with Crippen LogP contribution in [0.3, 0.4) is 0 Å². The minimum atomic E-state index is -0.240. The molecule has 12 nitrogen and oxygen atoms in total. The van der Waals surface area contributed by atoms with E-state index in [1.807, 2.05) is 0 Å². The molecule has 0 bridgehead atoms. The lowest BCUT2D eigenvalue weighted by Crippen LogP contribution is -2.48. The maximum absolute atomic E-state index is 11.6. The van der Waals surface area contributed by atoms with Gasteiger partial charge in [-0.1, -0.05) is 91.8 Å². The molecule has 2 aromatic carbocycles. The molecule has 69 heavy (non-hydrogen) atoms. The zero-order chi connectivity index (χ0) is 49.0. The molecule has 10 rings (SSSR count). The first kappa shape index (κ1) is 50.5. The molecule has 372 valence electrons. The van der Waals surface area contributed by atoms with Crippen LogP contribution in [0.25, 0.3) is 22.5 Å². The van der Waals surface area contributed by atoms with Gasteiger partial charge in [-0.25, -0.2) is 19.6 Å². The maximum atomic E-state index is 11.6. The summed E-state index contributed by atoms with van der Waals surface area (Å²) in [5.74, 6) is 2.63. The van der Waals surface area contributed by atoms with Crippen LogP contribution in [0.2, 0.25) is 0 Å². The van der Waals surface area contributed by atoms with Crippen molar-refractivity contribution in [2.45, 2.75) is 103 Å². The highest BCUT2D eigenvalue weighted by Crippen LogP contribution is 2.48. The predicted molar refractivity (Wildman–Crippen MR) is 280 cm³/mol. The molecule has 6 aliphatic rings. The number of aromatic nitrogens is 2. The summed E-state index contributed by atoms with van der Waals surface area (Å²) < 4.78 is 9.68. The molecular formula is C56H77ClN8O4. The number of benzene rings is 2. The lowest BCUT2D eigenvalue weighted by molar-refractivity contribution is 0.152. The first-order valence-corrected chi connectivity index (χ1v) is 26.0. The van der Waals surface area contributed by atoms with E-state index < -0.39 is 0 Å². The summed E-state index contributed by atoms with van der Waals surface area (Å²) >= 11 is 5.40. The number of halogens is 1. The number of anilines is 2. The number of amides is 2. The van der Waals surface area contributed by atoms with E-state index in [0.717, 1.165) is 88.5 Å². The third kappa shape index (κ3) is 11.8. The third-order valence-electron chi connectivity index (χ3n) is 15.6. The highest BCUT2D eigenvalue weighted by Gasteiger charge is 2.38. The number of nitrogens with zero attached hydrogens (tertiary/aromatic N) is 7. The molecule has 0 unspecified atom stereocenters. The SMILES string of the molecule is CC1(C)CCC(C)(C)c2cc(-c3cccc(N4CCN(CCN5CCOC5=O)CC4)n3)ccc21.CC1(C)CCC(C)(C)c2cc(-c3cccc(N4CCNCC4)n3)ccc21.O=C1OCCN1CCCl. The first-order valence-electron chi connectivity index (χ1n) is 25.5. The number of cyclic esters (lactones) is 2. The molecule has 2 aromatic heterocycles. The van der Waals surface area contributed by atoms with Crippen molar-refractivity contribution in [3.8, 4) is 22.5 Å². The second-order valence-electron chi connectivity index (χ2n) is 22.3. The Morgan fingerprint density at radius 2 is 0.957 bits per heavy atom. The van der Waals surface area contributed by atoms with E-state index in [1.165, 1.54) is 59.1 Å². The van der Waals surface area contributed by atoms with Crippen molar-refractivity contribution >= 4 is 35.4 Å². The summed E-state index contributed by atoms with van der Waals surface area (Å²) in [6, 6.07) is 26.9.